The molecule has 20 heavy (non-hydrogen) atoms. The van der Waals surface area contributed by atoms with Crippen molar-refractivity contribution in [2.75, 3.05) is 20.2 Å². The van der Waals surface area contributed by atoms with E-state index in [1.54, 1.807) is 18.0 Å². The molecule has 2 aliphatic rings. The molecule has 0 amide bonds. The molecule has 1 aliphatic heterocycles. The Kier molecular flexibility index (Phi) is 3.54. The Morgan fingerprint density at radius 2 is 1.90 bits per heavy atom. The summed E-state index contributed by atoms with van der Waals surface area (Å²) in [7, 11) is 3.42. The van der Waals surface area contributed by atoms with Crippen LogP contribution in [-0.2, 0) is 7.05 Å². The second-order valence-electron chi connectivity index (χ2n) is 5.95. The highest BCUT2D eigenvalue weighted by atomic mass is 16.5. The largest absolute Gasteiger partial charge is 0.493 e. The highest BCUT2D eigenvalue weighted by molar-refractivity contribution is 6.04. The average molecular weight is 277 g/mol. The summed E-state index contributed by atoms with van der Waals surface area (Å²) < 4.78 is 7.00. The fourth-order valence-corrected chi connectivity index (χ4v) is 3.84. The summed E-state index contributed by atoms with van der Waals surface area (Å²) in [6.07, 6.45) is 8.28. The lowest BCUT2D eigenvalue weighted by atomic mass is 9.87. The molecule has 0 N–H and O–H groups in total. The highest BCUT2D eigenvalue weighted by Crippen LogP contribution is 2.41. The normalized spacial score (nSPS) is 22.3. The van der Waals surface area contributed by atoms with Crippen LogP contribution in [0.4, 0.5) is 0 Å². The van der Waals surface area contributed by atoms with Crippen LogP contribution in [0.1, 0.15) is 49.0 Å². The minimum absolute atomic E-state index is 0.203. The van der Waals surface area contributed by atoms with Crippen LogP contribution < -0.4 is 4.74 Å². The third-order valence-corrected chi connectivity index (χ3v) is 4.90. The second kappa shape index (κ2) is 5.20. The Bertz CT molecular complexity index is 497. The van der Waals surface area contributed by atoms with E-state index in [1.165, 1.54) is 12.8 Å². The van der Waals surface area contributed by atoms with E-state index in [-0.39, 0.29) is 11.3 Å². The van der Waals surface area contributed by atoms with Gasteiger partial charge in [0.15, 0.2) is 5.75 Å². The summed E-state index contributed by atoms with van der Waals surface area (Å²) in [6.45, 7) is 2.10. The molecule has 1 aromatic rings. The number of ether oxygens (including phenoxy) is 1. The molecule has 0 aromatic carbocycles. The third-order valence-electron chi connectivity index (χ3n) is 4.90. The number of methoxy groups -OCH3 is 1. The van der Waals surface area contributed by atoms with E-state index in [0.29, 0.717) is 11.4 Å². The quantitative estimate of drug-likeness (QED) is 0.790. The Hall–Kier alpha value is -1.36. The maximum Gasteiger partial charge on any atom is 0.204 e. The molecule has 0 radical (unpaired) electrons. The first kappa shape index (κ1) is 13.6. The zero-order valence-corrected chi connectivity index (χ0v) is 12.4. The van der Waals surface area contributed by atoms with Crippen LogP contribution in [0.25, 0.3) is 0 Å². The molecule has 0 spiro atoms. The number of rotatable bonds is 4. The van der Waals surface area contributed by atoms with Gasteiger partial charge < -0.3 is 4.74 Å². The van der Waals surface area contributed by atoms with E-state index in [0.717, 1.165) is 38.8 Å². The van der Waals surface area contributed by atoms with Crippen molar-refractivity contribution in [3.8, 4) is 5.75 Å². The summed E-state index contributed by atoms with van der Waals surface area (Å²) in [5.74, 6) is 0.803. The SMILES string of the molecule is COc1cnn(C)c1C(=O)C1(N2CCCC2)CCCC1. The van der Waals surface area contributed by atoms with E-state index in [9.17, 15) is 4.79 Å². The number of hydrogen-bond acceptors (Lipinski definition) is 4. The number of Topliss-reactive ketones (excluding diaryl/α,β-unsaturated/α-hetero) is 1. The van der Waals surface area contributed by atoms with Gasteiger partial charge in [0.1, 0.15) is 5.69 Å². The predicted molar refractivity (Wildman–Crippen MR) is 76.1 cm³/mol. The van der Waals surface area contributed by atoms with Gasteiger partial charge in [-0.3, -0.25) is 14.4 Å². The second-order valence-corrected chi connectivity index (χ2v) is 5.95. The minimum Gasteiger partial charge on any atom is -0.493 e. The maximum absolute atomic E-state index is 13.2. The molecule has 2 fully saturated rings. The summed E-state index contributed by atoms with van der Waals surface area (Å²) >= 11 is 0. The lowest BCUT2D eigenvalue weighted by Crippen LogP contribution is -2.52. The molecular formula is C15H23N3O2. The van der Waals surface area contributed by atoms with Gasteiger partial charge in [-0.05, 0) is 38.8 Å². The number of nitrogens with zero attached hydrogens (tertiary/aromatic N) is 3. The van der Waals surface area contributed by atoms with Crippen molar-refractivity contribution < 1.29 is 9.53 Å². The Labute approximate surface area is 119 Å². The molecule has 0 atom stereocenters. The molecule has 0 bridgehead atoms. The molecule has 0 unspecified atom stereocenters. The number of ketones is 1. The van der Waals surface area contributed by atoms with Gasteiger partial charge in [0.2, 0.25) is 5.78 Å². The first-order valence-electron chi connectivity index (χ1n) is 7.55. The number of carbonyl (C=O) groups excluding carboxylic acids is 1. The van der Waals surface area contributed by atoms with Gasteiger partial charge in [-0.25, -0.2) is 0 Å². The first-order chi connectivity index (χ1) is 9.69. The number of likely N-dealkylation sites (tertiary alicyclic amines) is 1. The number of aryl methyl sites for hydroxylation is 1. The van der Waals surface area contributed by atoms with Gasteiger partial charge >= 0.3 is 0 Å². The fraction of sp³-hybridized carbons (Fsp3) is 0.733. The molecule has 3 rings (SSSR count). The summed E-state index contributed by atoms with van der Waals surface area (Å²) in [5, 5.41) is 4.19. The maximum atomic E-state index is 13.2. The summed E-state index contributed by atoms with van der Waals surface area (Å²) in [6, 6.07) is 0. The zero-order valence-electron chi connectivity index (χ0n) is 12.4. The molecule has 5 heteroatoms. The molecule has 110 valence electrons. The van der Waals surface area contributed by atoms with E-state index in [2.05, 4.69) is 10.00 Å². The third kappa shape index (κ3) is 1.95. The minimum atomic E-state index is -0.308. The van der Waals surface area contributed by atoms with Gasteiger partial charge in [0.05, 0.1) is 18.8 Å². The van der Waals surface area contributed by atoms with Crippen molar-refractivity contribution >= 4 is 5.78 Å². The average Bonchev–Trinajstić information content (AvgIpc) is 3.18. The zero-order chi connectivity index (χ0) is 14.2. The van der Waals surface area contributed by atoms with E-state index in [1.807, 2.05) is 7.05 Å². The lowest BCUT2D eigenvalue weighted by Gasteiger charge is -2.37. The molecule has 1 aliphatic carbocycles. The van der Waals surface area contributed by atoms with Gasteiger partial charge in [0, 0.05) is 7.05 Å². The summed E-state index contributed by atoms with van der Waals surface area (Å²) in [4.78, 5) is 15.6. The van der Waals surface area contributed by atoms with Gasteiger partial charge in [-0.15, -0.1) is 0 Å². The van der Waals surface area contributed by atoms with E-state index in [4.69, 9.17) is 4.74 Å². The lowest BCUT2D eigenvalue weighted by molar-refractivity contribution is 0.0612. The van der Waals surface area contributed by atoms with Crippen molar-refractivity contribution in [2.24, 2.45) is 7.05 Å². The number of carbonyl (C=O) groups is 1. The standard InChI is InChI=1S/C15H23N3O2/c1-17-13(12(20-2)11-16-17)14(19)15(7-3-4-8-15)18-9-5-6-10-18/h11H,3-10H2,1-2H3. The predicted octanol–water partition coefficient (Wildman–Crippen LogP) is 2.02. The van der Waals surface area contributed by atoms with Crippen LogP contribution in [0.15, 0.2) is 6.20 Å². The molecule has 1 saturated heterocycles. The van der Waals surface area contributed by atoms with E-state index < -0.39 is 0 Å². The number of aromatic nitrogens is 2. The van der Waals surface area contributed by atoms with Crippen LogP contribution in [-0.4, -0.2) is 46.2 Å². The Balaban J connectivity index is 1.99. The van der Waals surface area contributed by atoms with Crippen molar-refractivity contribution in [2.45, 2.75) is 44.1 Å². The Morgan fingerprint density at radius 1 is 1.25 bits per heavy atom. The van der Waals surface area contributed by atoms with Gasteiger partial charge in [-0.2, -0.15) is 5.10 Å². The summed E-state index contributed by atoms with van der Waals surface area (Å²) in [5.41, 5.74) is 0.318. The van der Waals surface area contributed by atoms with Crippen LogP contribution in [0.2, 0.25) is 0 Å². The topological polar surface area (TPSA) is 47.4 Å². The molecule has 2 heterocycles. The van der Waals surface area contributed by atoms with Gasteiger partial charge in [-0.1, -0.05) is 12.8 Å². The van der Waals surface area contributed by atoms with Crippen molar-refractivity contribution in [1.82, 2.24) is 14.7 Å². The molecule has 1 aromatic heterocycles. The first-order valence-corrected chi connectivity index (χ1v) is 7.55. The Morgan fingerprint density at radius 3 is 2.50 bits per heavy atom. The number of hydrogen-bond donors (Lipinski definition) is 0. The van der Waals surface area contributed by atoms with Crippen molar-refractivity contribution in [3.05, 3.63) is 11.9 Å². The molecule has 1 saturated carbocycles. The highest BCUT2D eigenvalue weighted by Gasteiger charge is 2.48. The van der Waals surface area contributed by atoms with Crippen LogP contribution in [0.5, 0.6) is 5.75 Å². The molecular weight excluding hydrogens is 254 g/mol. The molecule has 5 nitrogen and oxygen atoms in total. The fourth-order valence-electron chi connectivity index (χ4n) is 3.84. The van der Waals surface area contributed by atoms with Crippen LogP contribution in [0.3, 0.4) is 0 Å². The van der Waals surface area contributed by atoms with Gasteiger partial charge in [0.25, 0.3) is 0 Å². The smallest absolute Gasteiger partial charge is 0.204 e. The van der Waals surface area contributed by atoms with Crippen molar-refractivity contribution in [3.63, 3.8) is 0 Å². The van der Waals surface area contributed by atoms with Crippen molar-refractivity contribution in [1.29, 1.82) is 0 Å². The van der Waals surface area contributed by atoms with Crippen LogP contribution in [0, 0.1) is 0 Å². The monoisotopic (exact) mass is 277 g/mol. The van der Waals surface area contributed by atoms with Crippen LogP contribution >= 0.6 is 0 Å². The van der Waals surface area contributed by atoms with E-state index >= 15 is 0 Å².